The number of fused-ring (bicyclic) bond motifs is 1. The summed E-state index contributed by atoms with van der Waals surface area (Å²) in [6.07, 6.45) is 0.870. The molecule has 0 unspecified atom stereocenters. The molecule has 192 valence electrons. The summed E-state index contributed by atoms with van der Waals surface area (Å²) in [7, 11) is 0. The SMILES string of the molecule is Cc1[nH]c2ccccc2c1[C@H]1[C@H](CCNC(=O)c2nnn(-c3ccc(F)cc3)c2-c2ccccc2)C1(C)C. The van der Waals surface area contributed by atoms with E-state index in [2.05, 4.69) is 65.6 Å². The van der Waals surface area contributed by atoms with Crippen molar-refractivity contribution in [2.24, 2.45) is 11.3 Å². The van der Waals surface area contributed by atoms with Gasteiger partial charge in [-0.2, -0.15) is 0 Å². The molecule has 38 heavy (non-hydrogen) atoms. The number of halogens is 1. The Bertz CT molecular complexity index is 1620. The minimum atomic E-state index is -0.336. The predicted molar refractivity (Wildman–Crippen MR) is 147 cm³/mol. The van der Waals surface area contributed by atoms with Crippen LogP contribution in [0, 0.1) is 24.1 Å². The lowest BCUT2D eigenvalue weighted by Crippen LogP contribution is -2.26. The third kappa shape index (κ3) is 4.08. The molecule has 0 bridgehead atoms. The summed E-state index contributed by atoms with van der Waals surface area (Å²) in [6.45, 7) is 7.32. The van der Waals surface area contributed by atoms with Gasteiger partial charge < -0.3 is 10.3 Å². The van der Waals surface area contributed by atoms with Gasteiger partial charge in [0.2, 0.25) is 0 Å². The van der Waals surface area contributed by atoms with Gasteiger partial charge in [-0.3, -0.25) is 4.79 Å². The van der Waals surface area contributed by atoms with Crippen LogP contribution in [-0.2, 0) is 0 Å². The van der Waals surface area contributed by atoms with E-state index < -0.39 is 0 Å². The smallest absolute Gasteiger partial charge is 0.274 e. The van der Waals surface area contributed by atoms with Crippen molar-refractivity contribution in [1.29, 1.82) is 0 Å². The minimum Gasteiger partial charge on any atom is -0.358 e. The highest BCUT2D eigenvalue weighted by atomic mass is 19.1. The molecule has 2 atom stereocenters. The topological polar surface area (TPSA) is 75.6 Å². The van der Waals surface area contributed by atoms with E-state index in [4.69, 9.17) is 0 Å². The average Bonchev–Trinajstić information content (AvgIpc) is 3.23. The molecule has 0 saturated heterocycles. The number of aromatic nitrogens is 4. The third-order valence-electron chi connectivity index (χ3n) is 8.05. The van der Waals surface area contributed by atoms with Crippen LogP contribution in [0.4, 0.5) is 4.39 Å². The fourth-order valence-corrected chi connectivity index (χ4v) is 6.03. The Hall–Kier alpha value is -4.26. The van der Waals surface area contributed by atoms with Gasteiger partial charge in [0.05, 0.1) is 5.69 Å². The molecule has 0 aliphatic heterocycles. The summed E-state index contributed by atoms with van der Waals surface area (Å²) in [5.41, 5.74) is 6.22. The first-order chi connectivity index (χ1) is 18.4. The van der Waals surface area contributed by atoms with Gasteiger partial charge in [0.25, 0.3) is 5.91 Å². The van der Waals surface area contributed by atoms with Gasteiger partial charge in [0, 0.05) is 28.7 Å². The van der Waals surface area contributed by atoms with Crippen molar-refractivity contribution in [3.8, 4) is 16.9 Å². The van der Waals surface area contributed by atoms with Crippen LogP contribution in [0.2, 0.25) is 0 Å². The molecule has 1 aliphatic rings. The molecule has 5 aromatic rings. The van der Waals surface area contributed by atoms with E-state index in [9.17, 15) is 9.18 Å². The van der Waals surface area contributed by atoms with Crippen molar-refractivity contribution in [3.05, 3.63) is 102 Å². The Morgan fingerprint density at radius 2 is 1.74 bits per heavy atom. The molecule has 2 heterocycles. The maximum absolute atomic E-state index is 13.5. The molecule has 2 aromatic heterocycles. The summed E-state index contributed by atoms with van der Waals surface area (Å²) >= 11 is 0. The zero-order chi connectivity index (χ0) is 26.4. The van der Waals surface area contributed by atoms with Crippen LogP contribution in [-0.4, -0.2) is 32.4 Å². The highest BCUT2D eigenvalue weighted by Crippen LogP contribution is 2.67. The molecule has 1 fully saturated rings. The first-order valence-electron chi connectivity index (χ1n) is 13.0. The van der Waals surface area contributed by atoms with Crippen LogP contribution >= 0.6 is 0 Å². The Morgan fingerprint density at radius 1 is 1.03 bits per heavy atom. The maximum Gasteiger partial charge on any atom is 0.274 e. The average molecular weight is 508 g/mol. The molecule has 0 spiro atoms. The standard InChI is InChI=1S/C31H30FN5O/c1-19-26(23-11-7-8-12-25(23)34-19)27-24(31(27,2)3)17-18-33-30(38)28-29(20-9-5-4-6-10-20)37(36-35-28)22-15-13-21(32)14-16-22/h4-16,24,27,34H,17-18H2,1-3H3,(H,33,38)/t24-,27+/m0/s1. The van der Waals surface area contributed by atoms with Crippen molar-refractivity contribution in [3.63, 3.8) is 0 Å². The number of carbonyl (C=O) groups is 1. The number of nitrogens with zero attached hydrogens (tertiary/aromatic N) is 3. The predicted octanol–water partition coefficient (Wildman–Crippen LogP) is 6.42. The third-order valence-corrected chi connectivity index (χ3v) is 8.05. The number of benzene rings is 3. The van der Waals surface area contributed by atoms with E-state index in [0.717, 1.165) is 12.0 Å². The Morgan fingerprint density at radius 3 is 2.50 bits per heavy atom. The number of hydrogen-bond acceptors (Lipinski definition) is 3. The lowest BCUT2D eigenvalue weighted by molar-refractivity contribution is 0.0947. The molecule has 2 N–H and O–H groups in total. The molecular formula is C31H30FN5O. The number of carbonyl (C=O) groups excluding carboxylic acids is 1. The quantitative estimate of drug-likeness (QED) is 0.267. The van der Waals surface area contributed by atoms with E-state index in [1.807, 2.05) is 30.3 Å². The normalized spacial score (nSPS) is 18.0. The number of H-pyrrole nitrogens is 1. The second kappa shape index (κ2) is 9.24. The van der Waals surface area contributed by atoms with Crippen LogP contribution in [0.1, 0.15) is 47.9 Å². The van der Waals surface area contributed by atoms with Crippen LogP contribution in [0.5, 0.6) is 0 Å². The minimum absolute atomic E-state index is 0.154. The summed E-state index contributed by atoms with van der Waals surface area (Å²) in [5.74, 6) is 0.298. The largest absolute Gasteiger partial charge is 0.358 e. The zero-order valence-corrected chi connectivity index (χ0v) is 21.7. The van der Waals surface area contributed by atoms with Gasteiger partial charge in [0.1, 0.15) is 11.5 Å². The highest BCUT2D eigenvalue weighted by molar-refractivity contribution is 5.98. The summed E-state index contributed by atoms with van der Waals surface area (Å²) in [4.78, 5) is 16.9. The Labute approximate surface area is 220 Å². The van der Waals surface area contributed by atoms with Crippen LogP contribution in [0.25, 0.3) is 27.8 Å². The molecule has 1 amide bonds. The van der Waals surface area contributed by atoms with Gasteiger partial charge in [-0.25, -0.2) is 9.07 Å². The molecule has 1 saturated carbocycles. The number of para-hydroxylation sites is 1. The Balaban J connectivity index is 1.21. The fraction of sp³-hybridized carbons (Fsp3) is 0.258. The first-order valence-corrected chi connectivity index (χ1v) is 13.0. The number of hydrogen-bond donors (Lipinski definition) is 2. The lowest BCUT2D eigenvalue weighted by atomic mass is 10.0. The van der Waals surface area contributed by atoms with Crippen LogP contribution in [0.15, 0.2) is 78.9 Å². The molecule has 1 aliphatic carbocycles. The second-order valence-electron chi connectivity index (χ2n) is 10.7. The van der Waals surface area contributed by atoms with Crippen molar-refractivity contribution in [1.82, 2.24) is 25.3 Å². The van der Waals surface area contributed by atoms with Crippen molar-refractivity contribution < 1.29 is 9.18 Å². The van der Waals surface area contributed by atoms with Crippen LogP contribution in [0.3, 0.4) is 0 Å². The van der Waals surface area contributed by atoms with Gasteiger partial charge >= 0.3 is 0 Å². The summed E-state index contributed by atoms with van der Waals surface area (Å²) < 4.78 is 15.1. The first kappa shape index (κ1) is 24.1. The van der Waals surface area contributed by atoms with Gasteiger partial charge in [-0.05, 0) is 66.5 Å². The van der Waals surface area contributed by atoms with Gasteiger partial charge in [0.15, 0.2) is 5.69 Å². The molecule has 0 radical (unpaired) electrons. The van der Waals surface area contributed by atoms with Crippen molar-refractivity contribution >= 4 is 16.8 Å². The molecule has 6 nitrogen and oxygen atoms in total. The lowest BCUT2D eigenvalue weighted by Gasteiger charge is -2.09. The summed E-state index contributed by atoms with van der Waals surface area (Å²) in [5, 5.41) is 12.9. The molecular weight excluding hydrogens is 477 g/mol. The van der Waals surface area contributed by atoms with E-state index in [1.165, 1.54) is 34.3 Å². The van der Waals surface area contributed by atoms with Crippen molar-refractivity contribution in [2.45, 2.75) is 33.1 Å². The number of nitrogens with one attached hydrogen (secondary N) is 2. The van der Waals surface area contributed by atoms with E-state index in [1.54, 1.807) is 16.8 Å². The highest BCUT2D eigenvalue weighted by Gasteiger charge is 2.58. The van der Waals surface area contributed by atoms with E-state index in [-0.39, 0.29) is 22.8 Å². The number of aryl methyl sites for hydroxylation is 1. The monoisotopic (exact) mass is 507 g/mol. The second-order valence-corrected chi connectivity index (χ2v) is 10.7. The Kier molecular flexibility index (Phi) is 5.86. The number of rotatable bonds is 7. The molecule has 6 rings (SSSR count). The fourth-order valence-electron chi connectivity index (χ4n) is 6.03. The number of aromatic amines is 1. The molecule has 7 heteroatoms. The number of amides is 1. The van der Waals surface area contributed by atoms with E-state index >= 15 is 0 Å². The van der Waals surface area contributed by atoms with Crippen LogP contribution < -0.4 is 5.32 Å². The molecule has 3 aromatic carbocycles. The van der Waals surface area contributed by atoms with E-state index in [0.29, 0.717) is 29.8 Å². The summed E-state index contributed by atoms with van der Waals surface area (Å²) in [6, 6.07) is 24.0. The van der Waals surface area contributed by atoms with Gasteiger partial charge in [-0.15, -0.1) is 5.10 Å². The van der Waals surface area contributed by atoms with Crippen molar-refractivity contribution in [2.75, 3.05) is 6.54 Å². The zero-order valence-electron chi connectivity index (χ0n) is 21.7. The van der Waals surface area contributed by atoms with Gasteiger partial charge in [-0.1, -0.05) is 67.6 Å². The maximum atomic E-state index is 13.5.